The number of hydrogen-bond donors (Lipinski definition) is 1. The zero-order valence-electron chi connectivity index (χ0n) is 15.7. The van der Waals surface area contributed by atoms with Gasteiger partial charge in [-0.1, -0.05) is 18.2 Å². The molecule has 28 heavy (non-hydrogen) atoms. The quantitative estimate of drug-likeness (QED) is 0.733. The van der Waals surface area contributed by atoms with Crippen molar-refractivity contribution in [2.45, 2.75) is 13.0 Å². The van der Waals surface area contributed by atoms with Crippen LogP contribution in [-0.2, 0) is 4.74 Å². The summed E-state index contributed by atoms with van der Waals surface area (Å²) in [5.41, 5.74) is 2.39. The fourth-order valence-corrected chi connectivity index (χ4v) is 3.24. The van der Waals surface area contributed by atoms with Crippen LogP contribution in [0.15, 0.2) is 55.1 Å². The largest absolute Gasteiger partial charge is 0.378 e. The fourth-order valence-electron chi connectivity index (χ4n) is 3.24. The van der Waals surface area contributed by atoms with Crippen LogP contribution in [0.2, 0.25) is 0 Å². The molecule has 0 aliphatic carbocycles. The Bertz CT molecular complexity index is 937. The number of morpholine rings is 1. The molecule has 0 radical (unpaired) electrons. The molecule has 0 saturated carbocycles. The minimum absolute atomic E-state index is 0.0524. The van der Waals surface area contributed by atoms with Crippen molar-refractivity contribution in [1.29, 1.82) is 0 Å². The monoisotopic (exact) mass is 378 g/mol. The SMILES string of the molecule is CC(Nc1cncc(C(=O)N2CCOCC2)n1)c1ccccc1-n1cccn1. The molecule has 1 amide bonds. The molecule has 0 bridgehead atoms. The molecule has 1 aliphatic rings. The van der Waals surface area contributed by atoms with Crippen LogP contribution >= 0.6 is 0 Å². The zero-order chi connectivity index (χ0) is 19.3. The highest BCUT2D eigenvalue weighted by Gasteiger charge is 2.21. The Labute approximate surface area is 163 Å². The molecule has 0 spiro atoms. The predicted octanol–water partition coefficient (Wildman–Crippen LogP) is 2.31. The predicted molar refractivity (Wildman–Crippen MR) is 104 cm³/mol. The van der Waals surface area contributed by atoms with Gasteiger partial charge in [-0.15, -0.1) is 0 Å². The molecular weight excluding hydrogens is 356 g/mol. The molecule has 1 saturated heterocycles. The van der Waals surface area contributed by atoms with E-state index in [-0.39, 0.29) is 11.9 Å². The molecule has 8 heteroatoms. The van der Waals surface area contributed by atoms with Gasteiger partial charge in [-0.3, -0.25) is 9.78 Å². The van der Waals surface area contributed by atoms with E-state index in [1.165, 1.54) is 6.20 Å². The van der Waals surface area contributed by atoms with E-state index < -0.39 is 0 Å². The third kappa shape index (κ3) is 3.86. The van der Waals surface area contributed by atoms with E-state index in [0.29, 0.717) is 37.8 Å². The van der Waals surface area contributed by atoms with E-state index in [2.05, 4.69) is 20.4 Å². The standard InChI is InChI=1S/C20H22N6O2/c1-15(16-5-2-3-6-18(16)26-8-4-7-22-26)23-19-14-21-13-17(24-19)20(27)25-9-11-28-12-10-25/h2-8,13-15H,9-12H2,1H3,(H,23,24). The molecule has 1 unspecified atom stereocenters. The van der Waals surface area contributed by atoms with Gasteiger partial charge in [-0.25, -0.2) is 9.67 Å². The average molecular weight is 378 g/mol. The Morgan fingerprint density at radius 3 is 2.79 bits per heavy atom. The molecule has 4 rings (SSSR count). The molecule has 3 aromatic rings. The van der Waals surface area contributed by atoms with Crippen LogP contribution in [0.4, 0.5) is 5.82 Å². The van der Waals surface area contributed by atoms with Crippen LogP contribution in [0.3, 0.4) is 0 Å². The summed E-state index contributed by atoms with van der Waals surface area (Å²) < 4.78 is 7.13. The number of rotatable bonds is 5. The minimum Gasteiger partial charge on any atom is -0.378 e. The van der Waals surface area contributed by atoms with E-state index in [1.54, 1.807) is 17.3 Å². The van der Waals surface area contributed by atoms with Crippen molar-refractivity contribution in [3.8, 4) is 5.69 Å². The first-order chi connectivity index (χ1) is 13.7. The van der Waals surface area contributed by atoms with Gasteiger partial charge in [-0.2, -0.15) is 5.10 Å². The molecule has 3 heterocycles. The van der Waals surface area contributed by atoms with Crippen molar-refractivity contribution in [2.24, 2.45) is 0 Å². The maximum Gasteiger partial charge on any atom is 0.274 e. The number of anilines is 1. The van der Waals surface area contributed by atoms with Crippen LogP contribution in [0.5, 0.6) is 0 Å². The summed E-state index contributed by atoms with van der Waals surface area (Å²) in [6, 6.07) is 9.87. The van der Waals surface area contributed by atoms with Gasteiger partial charge in [0.1, 0.15) is 11.5 Å². The Balaban J connectivity index is 1.53. The summed E-state index contributed by atoms with van der Waals surface area (Å²) in [5.74, 6) is 0.436. The minimum atomic E-state index is -0.121. The summed E-state index contributed by atoms with van der Waals surface area (Å²) in [6.07, 6.45) is 6.79. The average Bonchev–Trinajstić information content (AvgIpc) is 3.29. The zero-order valence-corrected chi connectivity index (χ0v) is 15.7. The Morgan fingerprint density at radius 2 is 2.00 bits per heavy atom. The van der Waals surface area contributed by atoms with Crippen LogP contribution in [0, 0.1) is 0 Å². The lowest BCUT2D eigenvalue weighted by molar-refractivity contribution is 0.0299. The molecule has 1 atom stereocenters. The number of carbonyl (C=O) groups excluding carboxylic acids is 1. The Kier molecular flexibility index (Phi) is 5.29. The molecule has 1 fully saturated rings. The van der Waals surface area contributed by atoms with Crippen molar-refractivity contribution in [1.82, 2.24) is 24.6 Å². The lowest BCUT2D eigenvalue weighted by Crippen LogP contribution is -2.41. The maximum atomic E-state index is 12.6. The molecular formula is C20H22N6O2. The maximum absolute atomic E-state index is 12.6. The smallest absolute Gasteiger partial charge is 0.274 e. The second-order valence-corrected chi connectivity index (χ2v) is 6.57. The van der Waals surface area contributed by atoms with E-state index in [1.807, 2.05) is 48.1 Å². The number of ether oxygens (including phenoxy) is 1. The molecule has 8 nitrogen and oxygen atoms in total. The molecule has 1 aromatic carbocycles. The van der Waals surface area contributed by atoms with Crippen molar-refractivity contribution < 1.29 is 9.53 Å². The topological polar surface area (TPSA) is 85.2 Å². The van der Waals surface area contributed by atoms with Crippen LogP contribution < -0.4 is 5.32 Å². The number of nitrogens with one attached hydrogen (secondary N) is 1. The second-order valence-electron chi connectivity index (χ2n) is 6.57. The number of aromatic nitrogens is 4. The number of hydrogen-bond acceptors (Lipinski definition) is 6. The molecule has 1 N–H and O–H groups in total. The fraction of sp³-hybridized carbons (Fsp3) is 0.300. The van der Waals surface area contributed by atoms with Gasteiger partial charge in [0.15, 0.2) is 0 Å². The van der Waals surface area contributed by atoms with E-state index in [9.17, 15) is 4.79 Å². The van der Waals surface area contributed by atoms with Crippen LogP contribution in [-0.4, -0.2) is 56.9 Å². The van der Waals surface area contributed by atoms with Gasteiger partial charge in [0.05, 0.1) is 37.3 Å². The lowest BCUT2D eigenvalue weighted by atomic mass is 10.1. The Hall–Kier alpha value is -3.26. The Morgan fingerprint density at radius 1 is 1.18 bits per heavy atom. The highest BCUT2D eigenvalue weighted by molar-refractivity contribution is 5.92. The molecule has 144 valence electrons. The van der Waals surface area contributed by atoms with Crippen LogP contribution in [0.25, 0.3) is 5.69 Å². The number of nitrogens with zero attached hydrogens (tertiary/aromatic N) is 5. The van der Waals surface area contributed by atoms with E-state index >= 15 is 0 Å². The van der Waals surface area contributed by atoms with Crippen molar-refractivity contribution >= 4 is 11.7 Å². The van der Waals surface area contributed by atoms with E-state index in [0.717, 1.165) is 11.3 Å². The van der Waals surface area contributed by atoms with Crippen molar-refractivity contribution in [3.63, 3.8) is 0 Å². The summed E-state index contributed by atoms with van der Waals surface area (Å²) in [6.45, 7) is 4.30. The second kappa shape index (κ2) is 8.18. The number of para-hydroxylation sites is 1. The first kappa shape index (κ1) is 18.1. The van der Waals surface area contributed by atoms with Crippen molar-refractivity contribution in [3.05, 3.63) is 66.4 Å². The summed E-state index contributed by atoms with van der Waals surface area (Å²) in [7, 11) is 0. The first-order valence-electron chi connectivity index (χ1n) is 9.27. The number of amides is 1. The third-order valence-corrected chi connectivity index (χ3v) is 4.67. The van der Waals surface area contributed by atoms with Gasteiger partial charge >= 0.3 is 0 Å². The van der Waals surface area contributed by atoms with Gasteiger partial charge in [0, 0.05) is 25.5 Å². The first-order valence-corrected chi connectivity index (χ1v) is 9.27. The summed E-state index contributed by atoms with van der Waals surface area (Å²) in [5, 5.41) is 7.67. The van der Waals surface area contributed by atoms with Gasteiger partial charge in [-0.05, 0) is 24.6 Å². The van der Waals surface area contributed by atoms with E-state index in [4.69, 9.17) is 4.74 Å². The molecule has 1 aliphatic heterocycles. The van der Waals surface area contributed by atoms with Gasteiger partial charge < -0.3 is 15.0 Å². The number of benzene rings is 1. The summed E-state index contributed by atoms with van der Waals surface area (Å²) in [4.78, 5) is 23.1. The van der Waals surface area contributed by atoms with Gasteiger partial charge in [0.25, 0.3) is 5.91 Å². The molecule has 2 aromatic heterocycles. The van der Waals surface area contributed by atoms with Crippen molar-refractivity contribution in [2.75, 3.05) is 31.6 Å². The third-order valence-electron chi connectivity index (χ3n) is 4.67. The normalized spacial score (nSPS) is 15.2. The van der Waals surface area contributed by atoms with Crippen LogP contribution in [0.1, 0.15) is 29.0 Å². The highest BCUT2D eigenvalue weighted by atomic mass is 16.5. The number of carbonyl (C=O) groups is 1. The lowest BCUT2D eigenvalue weighted by Gasteiger charge is -2.26. The summed E-state index contributed by atoms with van der Waals surface area (Å²) >= 11 is 0. The highest BCUT2D eigenvalue weighted by Crippen LogP contribution is 2.24. The van der Waals surface area contributed by atoms with Gasteiger partial charge in [0.2, 0.25) is 0 Å².